The number of ether oxygens (including phenoxy) is 2. The fraction of sp³-hybridized carbons (Fsp3) is 0.300. The van der Waals surface area contributed by atoms with Gasteiger partial charge in [0.25, 0.3) is 0 Å². The zero-order valence-corrected chi connectivity index (χ0v) is 9.63. The van der Waals surface area contributed by atoms with Crippen molar-refractivity contribution in [2.45, 2.75) is 6.92 Å². The summed E-state index contributed by atoms with van der Waals surface area (Å²) < 4.78 is 10.9. The average Bonchev–Trinajstić information content (AvgIpc) is 2.19. The second-order valence-corrected chi connectivity index (χ2v) is 3.66. The molecule has 0 aliphatic rings. The van der Waals surface area contributed by atoms with E-state index in [2.05, 4.69) is 15.9 Å². The number of hydrogen-bond acceptors (Lipinski definition) is 3. The normalized spacial score (nSPS) is 9.93. The van der Waals surface area contributed by atoms with E-state index in [-0.39, 0.29) is 6.79 Å². The molecule has 0 heterocycles. The summed E-state index contributed by atoms with van der Waals surface area (Å²) in [6.45, 7) is 2.05. The lowest BCUT2D eigenvalue weighted by molar-refractivity contribution is 0.0505. The Hall–Kier alpha value is -0.870. The van der Waals surface area contributed by atoms with E-state index < -0.39 is 0 Å². The first-order chi connectivity index (χ1) is 6.69. The molecule has 14 heavy (non-hydrogen) atoms. The molecule has 0 bridgehead atoms. The maximum atomic E-state index is 10.7. The van der Waals surface area contributed by atoms with Crippen LogP contribution < -0.4 is 4.74 Å². The highest BCUT2D eigenvalue weighted by molar-refractivity contribution is 9.10. The van der Waals surface area contributed by atoms with Gasteiger partial charge < -0.3 is 9.47 Å². The predicted octanol–water partition coefficient (Wildman–Crippen LogP) is 2.55. The van der Waals surface area contributed by atoms with E-state index in [1.54, 1.807) is 12.1 Å². The van der Waals surface area contributed by atoms with Gasteiger partial charge in [-0.3, -0.25) is 4.79 Å². The monoisotopic (exact) mass is 258 g/mol. The van der Waals surface area contributed by atoms with Gasteiger partial charge in [-0.05, 0) is 24.6 Å². The van der Waals surface area contributed by atoms with Gasteiger partial charge in [-0.25, -0.2) is 0 Å². The van der Waals surface area contributed by atoms with Crippen LogP contribution in [-0.2, 0) is 4.74 Å². The standard InChI is InChI=1S/C10H11BrO3/c1-7-3-8(5-12)10(4-9(7)11)14-6-13-2/h3-5H,6H2,1-2H3. The maximum absolute atomic E-state index is 10.7. The molecule has 0 spiro atoms. The third kappa shape index (κ3) is 2.56. The van der Waals surface area contributed by atoms with E-state index in [9.17, 15) is 4.79 Å². The summed E-state index contributed by atoms with van der Waals surface area (Å²) in [6.07, 6.45) is 0.768. The largest absolute Gasteiger partial charge is 0.467 e. The number of aryl methyl sites for hydroxylation is 1. The van der Waals surface area contributed by atoms with E-state index >= 15 is 0 Å². The molecule has 76 valence electrons. The summed E-state index contributed by atoms with van der Waals surface area (Å²) in [4.78, 5) is 10.7. The summed E-state index contributed by atoms with van der Waals surface area (Å²) in [6, 6.07) is 3.53. The Morgan fingerprint density at radius 3 is 2.79 bits per heavy atom. The van der Waals surface area contributed by atoms with Crippen LogP contribution in [0.4, 0.5) is 0 Å². The Morgan fingerprint density at radius 2 is 2.21 bits per heavy atom. The number of benzene rings is 1. The van der Waals surface area contributed by atoms with Crippen LogP contribution >= 0.6 is 15.9 Å². The molecule has 0 atom stereocenters. The quantitative estimate of drug-likeness (QED) is 0.615. The lowest BCUT2D eigenvalue weighted by Crippen LogP contribution is -2.01. The molecule has 3 nitrogen and oxygen atoms in total. The van der Waals surface area contributed by atoms with Gasteiger partial charge in [0.2, 0.25) is 0 Å². The molecule has 0 unspecified atom stereocenters. The molecule has 0 saturated heterocycles. The first kappa shape index (κ1) is 11.2. The van der Waals surface area contributed by atoms with Crippen LogP contribution in [0.1, 0.15) is 15.9 Å². The molecule has 0 amide bonds. The number of methoxy groups -OCH3 is 1. The van der Waals surface area contributed by atoms with Crippen molar-refractivity contribution in [3.05, 3.63) is 27.7 Å². The van der Waals surface area contributed by atoms with Gasteiger partial charge in [-0.1, -0.05) is 15.9 Å². The molecule has 4 heteroatoms. The Bertz CT molecular complexity index is 336. The highest BCUT2D eigenvalue weighted by Gasteiger charge is 2.06. The van der Waals surface area contributed by atoms with E-state index in [0.717, 1.165) is 16.3 Å². The van der Waals surface area contributed by atoms with Gasteiger partial charge >= 0.3 is 0 Å². The average molecular weight is 259 g/mol. The highest BCUT2D eigenvalue weighted by atomic mass is 79.9. The topological polar surface area (TPSA) is 35.5 Å². The van der Waals surface area contributed by atoms with Gasteiger partial charge in [0.05, 0.1) is 5.56 Å². The number of halogens is 1. The molecule has 0 aliphatic heterocycles. The molecule has 1 aromatic rings. The number of rotatable bonds is 4. The second-order valence-electron chi connectivity index (χ2n) is 2.81. The second kappa shape index (κ2) is 5.12. The molecule has 1 aromatic carbocycles. The summed E-state index contributed by atoms with van der Waals surface area (Å²) in [5, 5.41) is 0. The van der Waals surface area contributed by atoms with Gasteiger partial charge in [0, 0.05) is 11.6 Å². The van der Waals surface area contributed by atoms with Crippen LogP contribution in [0.2, 0.25) is 0 Å². The molecule has 0 radical (unpaired) electrons. The minimum atomic E-state index is 0.135. The van der Waals surface area contributed by atoms with Crippen molar-refractivity contribution in [3.63, 3.8) is 0 Å². The van der Waals surface area contributed by atoms with Gasteiger partial charge in [-0.2, -0.15) is 0 Å². The van der Waals surface area contributed by atoms with Crippen molar-refractivity contribution < 1.29 is 14.3 Å². The fourth-order valence-corrected chi connectivity index (χ4v) is 1.35. The molecule has 0 saturated carbocycles. The van der Waals surface area contributed by atoms with Crippen LogP contribution in [0.25, 0.3) is 0 Å². The van der Waals surface area contributed by atoms with Crippen LogP contribution in [-0.4, -0.2) is 20.2 Å². The Labute approximate surface area is 91.1 Å². The van der Waals surface area contributed by atoms with Gasteiger partial charge in [-0.15, -0.1) is 0 Å². The summed E-state index contributed by atoms with van der Waals surface area (Å²) in [5.74, 6) is 0.527. The number of carbonyl (C=O) groups excluding carboxylic acids is 1. The van der Waals surface area contributed by atoms with Crippen molar-refractivity contribution in [2.75, 3.05) is 13.9 Å². The van der Waals surface area contributed by atoms with E-state index in [4.69, 9.17) is 9.47 Å². The lowest BCUT2D eigenvalue weighted by atomic mass is 10.1. The molecule has 0 aromatic heterocycles. The highest BCUT2D eigenvalue weighted by Crippen LogP contribution is 2.26. The van der Waals surface area contributed by atoms with Crippen molar-refractivity contribution in [3.8, 4) is 5.75 Å². The molecule has 0 fully saturated rings. The number of aldehydes is 1. The zero-order chi connectivity index (χ0) is 10.6. The fourth-order valence-electron chi connectivity index (χ4n) is 1.03. The summed E-state index contributed by atoms with van der Waals surface area (Å²) >= 11 is 3.36. The predicted molar refractivity (Wildman–Crippen MR) is 56.8 cm³/mol. The van der Waals surface area contributed by atoms with Gasteiger partial charge in [0.15, 0.2) is 13.1 Å². The maximum Gasteiger partial charge on any atom is 0.188 e. The number of hydrogen-bond donors (Lipinski definition) is 0. The SMILES string of the molecule is COCOc1cc(Br)c(C)cc1C=O. The third-order valence-corrected chi connectivity index (χ3v) is 2.60. The van der Waals surface area contributed by atoms with Crippen molar-refractivity contribution in [2.24, 2.45) is 0 Å². The third-order valence-electron chi connectivity index (χ3n) is 1.75. The van der Waals surface area contributed by atoms with E-state index in [1.165, 1.54) is 7.11 Å². The smallest absolute Gasteiger partial charge is 0.188 e. The van der Waals surface area contributed by atoms with Crippen molar-refractivity contribution >= 4 is 22.2 Å². The molecule has 0 aliphatic carbocycles. The van der Waals surface area contributed by atoms with E-state index in [1.807, 2.05) is 6.92 Å². The Morgan fingerprint density at radius 1 is 1.50 bits per heavy atom. The van der Waals surface area contributed by atoms with E-state index in [0.29, 0.717) is 11.3 Å². The molecular weight excluding hydrogens is 248 g/mol. The Balaban J connectivity index is 3.00. The zero-order valence-electron chi connectivity index (χ0n) is 8.04. The van der Waals surface area contributed by atoms with Crippen molar-refractivity contribution in [1.82, 2.24) is 0 Å². The molecule has 0 N–H and O–H groups in total. The van der Waals surface area contributed by atoms with Crippen LogP contribution in [0.5, 0.6) is 5.75 Å². The summed E-state index contributed by atoms with van der Waals surface area (Å²) in [7, 11) is 1.53. The lowest BCUT2D eigenvalue weighted by Gasteiger charge is -2.09. The summed E-state index contributed by atoms with van der Waals surface area (Å²) in [5.41, 5.74) is 1.53. The van der Waals surface area contributed by atoms with Crippen molar-refractivity contribution in [1.29, 1.82) is 0 Å². The Kier molecular flexibility index (Phi) is 4.10. The minimum Gasteiger partial charge on any atom is -0.467 e. The number of carbonyl (C=O) groups is 1. The van der Waals surface area contributed by atoms with Crippen LogP contribution in [0, 0.1) is 6.92 Å². The molecule has 1 rings (SSSR count). The first-order valence-electron chi connectivity index (χ1n) is 4.06. The first-order valence-corrected chi connectivity index (χ1v) is 4.85. The van der Waals surface area contributed by atoms with Gasteiger partial charge in [0.1, 0.15) is 5.75 Å². The minimum absolute atomic E-state index is 0.135. The molecular formula is C10H11BrO3. The van der Waals surface area contributed by atoms with Crippen LogP contribution in [0.15, 0.2) is 16.6 Å². The van der Waals surface area contributed by atoms with Crippen LogP contribution in [0.3, 0.4) is 0 Å².